The summed E-state index contributed by atoms with van der Waals surface area (Å²) in [6, 6.07) is 32.0. The highest BCUT2D eigenvalue weighted by atomic mass is 32.2. The third kappa shape index (κ3) is 3.14. The fraction of sp³-hybridized carbons (Fsp3) is 0.366. The molecule has 0 amide bonds. The molecule has 3 nitrogen and oxygen atoms in total. The number of hydrogen-bond acceptors (Lipinski definition) is 4. The van der Waals surface area contributed by atoms with E-state index in [-0.39, 0.29) is 27.9 Å². The standard InChI is InChI=1S/C41H41BN2OS/c1-26-24-31-33-32(25-26)44(28-16-10-7-11-17-28)36-37(45-40(4)22-12-21-39(36,40)3)42(33)34-30(43(31)27-14-8-6-9-15-27)19-18-29-35(34)46-41(5)23-13-20-38(29,41)2/h6-11,14-19,24-25H,12-13,20-23H2,1-5H3. The molecular formula is C41H41BN2OS. The van der Waals surface area contributed by atoms with Crippen LogP contribution < -0.4 is 20.7 Å². The van der Waals surface area contributed by atoms with Crippen molar-refractivity contribution in [1.82, 2.24) is 0 Å². The molecule has 5 heteroatoms. The zero-order chi connectivity index (χ0) is 31.2. The van der Waals surface area contributed by atoms with Gasteiger partial charge in [0.2, 0.25) is 0 Å². The molecule has 2 aliphatic carbocycles. The van der Waals surface area contributed by atoms with Gasteiger partial charge < -0.3 is 14.5 Å². The lowest BCUT2D eigenvalue weighted by Gasteiger charge is -2.45. The van der Waals surface area contributed by atoms with Crippen LogP contribution in [0, 0.1) is 12.3 Å². The maximum Gasteiger partial charge on any atom is 0.297 e. The van der Waals surface area contributed by atoms with E-state index in [2.05, 4.69) is 141 Å². The van der Waals surface area contributed by atoms with E-state index in [1.807, 2.05) is 0 Å². The van der Waals surface area contributed by atoms with E-state index in [1.54, 1.807) is 5.56 Å². The van der Waals surface area contributed by atoms with E-state index >= 15 is 0 Å². The van der Waals surface area contributed by atoms with Crippen LogP contribution in [-0.2, 0) is 10.2 Å². The van der Waals surface area contributed by atoms with Gasteiger partial charge >= 0.3 is 0 Å². The van der Waals surface area contributed by atoms with Gasteiger partial charge in [-0.25, -0.2) is 0 Å². The number of nitrogens with zero attached hydrogens (tertiary/aromatic N) is 2. The van der Waals surface area contributed by atoms with E-state index in [0.29, 0.717) is 0 Å². The zero-order valence-electron chi connectivity index (χ0n) is 27.6. The molecule has 4 heterocycles. The molecule has 0 aromatic heterocycles. The lowest BCUT2D eigenvalue weighted by atomic mass is 9.35. The molecule has 0 spiro atoms. The highest BCUT2D eigenvalue weighted by Crippen LogP contribution is 2.67. The van der Waals surface area contributed by atoms with Crippen molar-refractivity contribution in [2.24, 2.45) is 5.41 Å². The van der Waals surface area contributed by atoms with Crippen LogP contribution in [0.2, 0.25) is 0 Å². The number of thioether (sulfide) groups is 1. The summed E-state index contributed by atoms with van der Waals surface area (Å²) in [5.41, 5.74) is 14.5. The summed E-state index contributed by atoms with van der Waals surface area (Å²) in [5, 5.41) is 0. The first-order valence-electron chi connectivity index (χ1n) is 17.3. The first kappa shape index (κ1) is 27.5. The lowest BCUT2D eigenvalue weighted by molar-refractivity contribution is -0.00316. The predicted octanol–water partition coefficient (Wildman–Crippen LogP) is 9.57. The summed E-state index contributed by atoms with van der Waals surface area (Å²) in [5.74, 6) is 0. The van der Waals surface area contributed by atoms with Crippen molar-refractivity contribution in [1.29, 1.82) is 0 Å². The Hall–Kier alpha value is -3.57. The van der Waals surface area contributed by atoms with Crippen molar-refractivity contribution in [3.63, 3.8) is 0 Å². The Kier molecular flexibility index (Phi) is 5.31. The van der Waals surface area contributed by atoms with Crippen LogP contribution in [0.25, 0.3) is 0 Å². The fourth-order valence-electron chi connectivity index (χ4n) is 10.5. The Morgan fingerprint density at radius 1 is 0.674 bits per heavy atom. The molecule has 0 radical (unpaired) electrons. The first-order chi connectivity index (χ1) is 22.2. The monoisotopic (exact) mass is 620 g/mol. The predicted molar refractivity (Wildman–Crippen MR) is 193 cm³/mol. The molecule has 10 rings (SSSR count). The van der Waals surface area contributed by atoms with Crippen molar-refractivity contribution >= 4 is 57.8 Å². The number of aryl methyl sites for hydroxylation is 1. The second-order valence-electron chi connectivity index (χ2n) is 15.6. The summed E-state index contributed by atoms with van der Waals surface area (Å²) in [6.45, 7) is 12.3. The van der Waals surface area contributed by atoms with Gasteiger partial charge in [0, 0.05) is 43.5 Å². The van der Waals surface area contributed by atoms with Crippen LogP contribution in [0.3, 0.4) is 0 Å². The lowest BCUT2D eigenvalue weighted by Crippen LogP contribution is -2.57. The van der Waals surface area contributed by atoms with E-state index in [0.717, 1.165) is 12.8 Å². The molecule has 4 aromatic carbocycles. The number of para-hydroxylation sites is 2. The van der Waals surface area contributed by atoms with Gasteiger partial charge in [-0.1, -0.05) is 62.7 Å². The van der Waals surface area contributed by atoms with Gasteiger partial charge in [-0.15, -0.1) is 11.8 Å². The average molecular weight is 621 g/mol. The van der Waals surface area contributed by atoms with Crippen molar-refractivity contribution < 1.29 is 4.74 Å². The molecule has 230 valence electrons. The topological polar surface area (TPSA) is 15.7 Å². The van der Waals surface area contributed by atoms with Gasteiger partial charge in [-0.2, -0.15) is 0 Å². The Morgan fingerprint density at radius 3 is 2.02 bits per heavy atom. The maximum absolute atomic E-state index is 7.52. The molecule has 6 aliphatic rings. The Bertz CT molecular complexity index is 2010. The number of benzene rings is 4. The molecule has 0 N–H and O–H groups in total. The SMILES string of the molecule is Cc1cc2c3c(c1)N(c1ccccc1)c1ccc4c(c1B3C1=C(N2c2ccccc2)C2(C)CCCC2(C)O1)SC1(C)CCCC41C. The van der Waals surface area contributed by atoms with Crippen LogP contribution in [0.5, 0.6) is 0 Å². The van der Waals surface area contributed by atoms with Crippen LogP contribution in [0.4, 0.5) is 28.4 Å². The van der Waals surface area contributed by atoms with E-state index < -0.39 is 0 Å². The van der Waals surface area contributed by atoms with E-state index in [4.69, 9.17) is 4.74 Å². The molecule has 2 saturated carbocycles. The molecule has 4 atom stereocenters. The van der Waals surface area contributed by atoms with Gasteiger partial charge in [0.15, 0.2) is 0 Å². The molecule has 0 bridgehead atoms. The summed E-state index contributed by atoms with van der Waals surface area (Å²) in [7, 11) is 0. The van der Waals surface area contributed by atoms with Crippen molar-refractivity contribution in [2.45, 2.75) is 93.8 Å². The summed E-state index contributed by atoms with van der Waals surface area (Å²) in [4.78, 5) is 6.68. The van der Waals surface area contributed by atoms with Crippen LogP contribution >= 0.6 is 11.8 Å². The van der Waals surface area contributed by atoms with Gasteiger partial charge in [0.1, 0.15) is 5.60 Å². The summed E-state index contributed by atoms with van der Waals surface area (Å²) in [6.07, 6.45) is 7.28. The number of rotatable bonds is 2. The molecule has 4 unspecified atom stereocenters. The molecule has 0 saturated heterocycles. The molecule has 2 fully saturated rings. The van der Waals surface area contributed by atoms with Crippen LogP contribution in [0.1, 0.15) is 77.3 Å². The number of ether oxygens (including phenoxy) is 1. The third-order valence-corrected chi connectivity index (χ3v) is 15.0. The fourth-order valence-corrected chi connectivity index (χ4v) is 12.4. The van der Waals surface area contributed by atoms with Gasteiger partial charge in [0.25, 0.3) is 6.71 Å². The highest BCUT2D eigenvalue weighted by Gasteiger charge is 2.65. The molecule has 4 aromatic rings. The number of hydrogen-bond donors (Lipinski definition) is 0. The minimum Gasteiger partial charge on any atom is -0.498 e. The van der Waals surface area contributed by atoms with Gasteiger partial charge in [-0.05, 0) is 117 Å². The normalized spacial score (nSPS) is 31.3. The summed E-state index contributed by atoms with van der Waals surface area (Å²) < 4.78 is 7.74. The average Bonchev–Trinajstić information content (AvgIpc) is 3.66. The van der Waals surface area contributed by atoms with Crippen molar-refractivity contribution in [3.05, 3.63) is 107 Å². The van der Waals surface area contributed by atoms with Crippen LogP contribution in [0.15, 0.2) is 101 Å². The van der Waals surface area contributed by atoms with Gasteiger partial charge in [0.05, 0.1) is 16.8 Å². The molecule has 46 heavy (non-hydrogen) atoms. The Labute approximate surface area is 278 Å². The smallest absolute Gasteiger partial charge is 0.297 e. The molecule has 4 aliphatic heterocycles. The number of anilines is 5. The zero-order valence-corrected chi connectivity index (χ0v) is 28.4. The summed E-state index contributed by atoms with van der Waals surface area (Å²) >= 11 is 2.18. The third-order valence-electron chi connectivity index (χ3n) is 13.3. The van der Waals surface area contributed by atoms with E-state index in [1.165, 1.54) is 86.9 Å². The van der Waals surface area contributed by atoms with Gasteiger partial charge in [-0.3, -0.25) is 0 Å². The van der Waals surface area contributed by atoms with E-state index in [9.17, 15) is 0 Å². The Morgan fingerprint density at radius 2 is 1.30 bits per heavy atom. The van der Waals surface area contributed by atoms with Crippen molar-refractivity contribution in [3.8, 4) is 0 Å². The molecular weight excluding hydrogens is 579 g/mol. The number of fused-ring (bicyclic) bond motifs is 9. The first-order valence-corrected chi connectivity index (χ1v) is 18.1. The minimum absolute atomic E-state index is 0.0586. The highest BCUT2D eigenvalue weighted by molar-refractivity contribution is 8.01. The maximum atomic E-state index is 7.52. The van der Waals surface area contributed by atoms with Crippen LogP contribution in [-0.4, -0.2) is 17.1 Å². The quantitative estimate of drug-likeness (QED) is 0.207. The minimum atomic E-state index is -0.224. The largest absolute Gasteiger partial charge is 0.498 e. The second kappa shape index (κ2) is 8.86. The Balaban J connectivity index is 1.34. The van der Waals surface area contributed by atoms with Crippen molar-refractivity contribution in [2.75, 3.05) is 9.80 Å². The second-order valence-corrected chi connectivity index (χ2v) is 17.1.